The van der Waals surface area contributed by atoms with E-state index in [0.29, 0.717) is 0 Å². The zero-order chi connectivity index (χ0) is 25.3. The third-order valence-electron chi connectivity index (χ3n) is 4.86. The summed E-state index contributed by atoms with van der Waals surface area (Å²) in [6.07, 6.45) is 8.64. The van der Waals surface area contributed by atoms with Gasteiger partial charge in [0, 0.05) is 29.9 Å². The molecule has 0 aliphatic rings. The van der Waals surface area contributed by atoms with Gasteiger partial charge in [-0.15, -0.1) is 0 Å². The van der Waals surface area contributed by atoms with Gasteiger partial charge in [0.2, 0.25) is 5.82 Å². The molecule has 0 aliphatic heterocycles. The highest BCUT2D eigenvalue weighted by molar-refractivity contribution is 5.81. The number of allylic oxidation sites excluding steroid dienone is 7. The fourth-order valence-corrected chi connectivity index (χ4v) is 3.10. The number of anilines is 1. The number of benzene rings is 2. The van der Waals surface area contributed by atoms with Crippen molar-refractivity contribution in [2.45, 2.75) is 13.8 Å². The molecule has 0 aliphatic carbocycles. The Hall–Kier alpha value is -4.17. The molecule has 0 aromatic heterocycles. The average molecular weight is 469 g/mol. The fraction of sp³-hybridized carbons (Fsp3) is 0.154. The summed E-state index contributed by atoms with van der Waals surface area (Å²) in [7, 11) is 0. The topological polar surface area (TPSA) is 31.4 Å². The molecular formula is C26H20F5N3. The zero-order valence-corrected chi connectivity index (χ0v) is 18.4. The number of hydrogen-bond acceptors (Lipinski definition) is 2. The van der Waals surface area contributed by atoms with Gasteiger partial charge in [0.15, 0.2) is 23.3 Å². The van der Waals surface area contributed by atoms with Crippen molar-refractivity contribution in [3.05, 3.63) is 112 Å². The Bertz CT molecular complexity index is 1190. The molecule has 0 unspecified atom stereocenters. The van der Waals surface area contributed by atoms with Gasteiger partial charge in [0.25, 0.3) is 5.70 Å². The van der Waals surface area contributed by atoms with E-state index < -0.39 is 45.9 Å². The molecule has 0 saturated heterocycles. The summed E-state index contributed by atoms with van der Waals surface area (Å²) in [5, 5.41) is 9.09. The summed E-state index contributed by atoms with van der Waals surface area (Å²) < 4.78 is 68.9. The summed E-state index contributed by atoms with van der Waals surface area (Å²) in [4.78, 5) is 5.04. The minimum absolute atomic E-state index is 0.717. The van der Waals surface area contributed by atoms with E-state index in [1.54, 1.807) is 18.2 Å². The molecule has 0 N–H and O–H groups in total. The summed E-state index contributed by atoms with van der Waals surface area (Å²) in [6, 6.07) is 9.27. The van der Waals surface area contributed by atoms with Crippen LogP contribution in [-0.4, -0.2) is 13.1 Å². The van der Waals surface area contributed by atoms with Crippen LogP contribution in [0.15, 0.2) is 60.3 Å². The van der Waals surface area contributed by atoms with Gasteiger partial charge in [-0.1, -0.05) is 48.6 Å². The Morgan fingerprint density at radius 3 is 1.91 bits per heavy atom. The predicted octanol–water partition coefficient (Wildman–Crippen LogP) is 7.21. The lowest BCUT2D eigenvalue weighted by Crippen LogP contribution is -2.21. The molecule has 3 nitrogen and oxygen atoms in total. The first-order chi connectivity index (χ1) is 16.3. The van der Waals surface area contributed by atoms with Crippen molar-refractivity contribution in [1.29, 1.82) is 5.26 Å². The van der Waals surface area contributed by atoms with Gasteiger partial charge in [0.05, 0.1) is 12.6 Å². The maximum Gasteiger partial charge on any atom is 0.269 e. The molecule has 0 saturated carbocycles. The normalized spacial score (nSPS) is 12.3. The van der Waals surface area contributed by atoms with E-state index in [1.165, 1.54) is 18.2 Å². The van der Waals surface area contributed by atoms with E-state index in [2.05, 4.69) is 23.6 Å². The van der Waals surface area contributed by atoms with Crippen LogP contribution in [0.4, 0.5) is 27.6 Å². The van der Waals surface area contributed by atoms with Gasteiger partial charge >= 0.3 is 0 Å². The second-order valence-corrected chi connectivity index (χ2v) is 6.80. The summed E-state index contributed by atoms with van der Waals surface area (Å²) in [5.74, 6) is -10.9. The van der Waals surface area contributed by atoms with Crippen molar-refractivity contribution in [3.63, 3.8) is 0 Å². The van der Waals surface area contributed by atoms with Crippen LogP contribution in [0.5, 0.6) is 0 Å². The Kier molecular flexibility index (Phi) is 9.34. The van der Waals surface area contributed by atoms with Gasteiger partial charge in [-0.3, -0.25) is 0 Å². The van der Waals surface area contributed by atoms with Gasteiger partial charge in [-0.2, -0.15) is 0 Å². The first-order valence-electron chi connectivity index (χ1n) is 10.2. The average Bonchev–Trinajstić information content (AvgIpc) is 2.85. The van der Waals surface area contributed by atoms with Crippen LogP contribution in [0.1, 0.15) is 25.0 Å². The minimum atomic E-state index is -2.32. The van der Waals surface area contributed by atoms with Crippen molar-refractivity contribution in [2.75, 3.05) is 18.0 Å². The van der Waals surface area contributed by atoms with Crippen LogP contribution in [0.25, 0.3) is 16.5 Å². The summed E-state index contributed by atoms with van der Waals surface area (Å²) >= 11 is 0. The molecule has 2 aromatic carbocycles. The fourth-order valence-electron chi connectivity index (χ4n) is 3.10. The van der Waals surface area contributed by atoms with Gasteiger partial charge < -0.3 is 4.90 Å². The molecule has 0 heterocycles. The highest BCUT2D eigenvalue weighted by atomic mass is 19.2. The molecule has 0 amide bonds. The SMILES string of the molecule is [C-]#[N+]C(C#N)=C(C=CC=CC=Cc1ccc(N(CC)CC)cc1)c1c(F)c(F)c(F)c(F)c1F. The van der Waals surface area contributed by atoms with Crippen molar-refractivity contribution in [3.8, 4) is 6.07 Å². The lowest BCUT2D eigenvalue weighted by Gasteiger charge is -2.20. The van der Waals surface area contributed by atoms with Crippen molar-refractivity contribution >= 4 is 17.3 Å². The van der Waals surface area contributed by atoms with Gasteiger partial charge in [-0.25, -0.2) is 32.1 Å². The molecule has 0 bridgehead atoms. The van der Waals surface area contributed by atoms with Crippen LogP contribution in [-0.2, 0) is 0 Å². The lowest BCUT2D eigenvalue weighted by molar-refractivity contribution is 0.376. The van der Waals surface area contributed by atoms with Crippen LogP contribution < -0.4 is 4.90 Å². The number of halogens is 5. The van der Waals surface area contributed by atoms with E-state index in [1.807, 2.05) is 24.3 Å². The Morgan fingerprint density at radius 2 is 1.41 bits per heavy atom. The maximum atomic E-state index is 14.2. The van der Waals surface area contributed by atoms with Crippen LogP contribution >= 0.6 is 0 Å². The summed E-state index contributed by atoms with van der Waals surface area (Å²) in [5.41, 5.74) is -0.854. The molecular weight excluding hydrogens is 449 g/mol. The first kappa shape index (κ1) is 26.1. The Balaban J connectivity index is 2.29. The second kappa shape index (κ2) is 12.2. The molecule has 0 fully saturated rings. The zero-order valence-electron chi connectivity index (χ0n) is 18.4. The molecule has 0 radical (unpaired) electrons. The highest BCUT2D eigenvalue weighted by Crippen LogP contribution is 2.31. The molecule has 174 valence electrons. The first-order valence-corrected chi connectivity index (χ1v) is 10.2. The largest absolute Gasteiger partial charge is 0.372 e. The third kappa shape index (κ3) is 5.79. The van der Waals surface area contributed by atoms with Gasteiger partial charge in [-0.05, 0) is 31.5 Å². The number of nitriles is 1. The Labute approximate surface area is 194 Å². The smallest absolute Gasteiger partial charge is 0.269 e. The van der Waals surface area contributed by atoms with Gasteiger partial charge in [0.1, 0.15) is 0 Å². The van der Waals surface area contributed by atoms with Crippen LogP contribution in [0.3, 0.4) is 0 Å². The monoisotopic (exact) mass is 469 g/mol. The molecule has 0 atom stereocenters. The maximum absolute atomic E-state index is 14.2. The number of rotatable bonds is 8. The molecule has 34 heavy (non-hydrogen) atoms. The molecule has 0 spiro atoms. The Morgan fingerprint density at radius 1 is 0.882 bits per heavy atom. The van der Waals surface area contributed by atoms with Crippen molar-refractivity contribution < 1.29 is 22.0 Å². The minimum Gasteiger partial charge on any atom is -0.372 e. The molecule has 8 heteroatoms. The standard InChI is InChI=1S/C26H20F5N3/c1-4-34(5-2)18-14-12-17(13-15-18)10-8-6-7-9-11-19(20(16-32)33-3)21-22(27)24(29)26(31)25(30)23(21)28/h6-15H,4-5H2,1-2H3. The molecule has 2 aromatic rings. The number of nitrogens with zero attached hydrogens (tertiary/aromatic N) is 3. The van der Waals surface area contributed by atoms with Crippen molar-refractivity contribution in [1.82, 2.24) is 0 Å². The van der Waals surface area contributed by atoms with Crippen LogP contribution in [0, 0.1) is 47.0 Å². The van der Waals surface area contributed by atoms with E-state index in [0.717, 1.165) is 30.4 Å². The van der Waals surface area contributed by atoms with E-state index in [4.69, 9.17) is 11.8 Å². The van der Waals surface area contributed by atoms with E-state index in [9.17, 15) is 22.0 Å². The predicted molar refractivity (Wildman–Crippen MR) is 123 cm³/mol. The number of hydrogen-bond donors (Lipinski definition) is 0. The second-order valence-electron chi connectivity index (χ2n) is 6.80. The lowest BCUT2D eigenvalue weighted by atomic mass is 10.0. The van der Waals surface area contributed by atoms with E-state index >= 15 is 0 Å². The quantitative estimate of drug-likeness (QED) is 0.102. The third-order valence-corrected chi connectivity index (χ3v) is 4.86. The highest BCUT2D eigenvalue weighted by Gasteiger charge is 2.28. The van der Waals surface area contributed by atoms with E-state index in [-0.39, 0.29) is 0 Å². The van der Waals surface area contributed by atoms with Crippen molar-refractivity contribution in [2.24, 2.45) is 0 Å². The molecule has 2 rings (SSSR count). The van der Waals surface area contributed by atoms with Crippen LogP contribution in [0.2, 0.25) is 0 Å². The summed E-state index contributed by atoms with van der Waals surface area (Å²) in [6.45, 7) is 12.9.